The average Bonchev–Trinajstić information content (AvgIpc) is 3.11. The third kappa shape index (κ3) is 4.66. The largest absolute Gasteiger partial charge is 0.482 e. The Labute approximate surface area is 166 Å². The zero-order valence-electron chi connectivity index (χ0n) is 15.1. The number of ether oxygens (including phenoxy) is 2. The molecule has 0 saturated heterocycles. The third-order valence-electron chi connectivity index (χ3n) is 3.80. The topological polar surface area (TPSA) is 104 Å². The summed E-state index contributed by atoms with van der Waals surface area (Å²) in [5, 5.41) is 3.47. The van der Waals surface area contributed by atoms with Gasteiger partial charge in [0.05, 0.1) is 6.61 Å². The van der Waals surface area contributed by atoms with Crippen LogP contribution in [0.25, 0.3) is 11.0 Å². The van der Waals surface area contributed by atoms with Gasteiger partial charge in [0.1, 0.15) is 16.3 Å². The van der Waals surface area contributed by atoms with Crippen LogP contribution in [0.5, 0.6) is 5.75 Å². The second-order valence-corrected chi connectivity index (χ2v) is 6.24. The maximum atomic E-state index is 12.4. The summed E-state index contributed by atoms with van der Waals surface area (Å²) in [4.78, 5) is 24.0. The Balaban J connectivity index is 1.65. The zero-order valence-corrected chi connectivity index (χ0v) is 15.9. The van der Waals surface area contributed by atoms with Crippen molar-refractivity contribution in [3.63, 3.8) is 0 Å². The highest BCUT2D eigenvalue weighted by Gasteiger charge is 2.13. The fourth-order valence-electron chi connectivity index (χ4n) is 2.48. The number of furan rings is 1. The quantitative estimate of drug-likeness (QED) is 0.465. The first kappa shape index (κ1) is 19.4. The Kier molecular flexibility index (Phi) is 5.90. The molecule has 1 amide bonds. The number of nitrogens with one attached hydrogen (secondary N) is 1. The number of carbonyl (C=O) groups excluding carboxylic acids is 2. The minimum Gasteiger partial charge on any atom is -0.482 e. The summed E-state index contributed by atoms with van der Waals surface area (Å²) in [5.41, 5.74) is 7.44. The molecule has 1 aromatic heterocycles. The van der Waals surface area contributed by atoms with Gasteiger partial charge in [0.2, 0.25) is 0 Å². The number of benzene rings is 2. The normalized spacial score (nSPS) is 10.5. The van der Waals surface area contributed by atoms with Gasteiger partial charge in [0, 0.05) is 16.6 Å². The van der Waals surface area contributed by atoms with E-state index in [9.17, 15) is 9.59 Å². The van der Waals surface area contributed by atoms with Crippen molar-refractivity contribution in [1.82, 2.24) is 0 Å². The van der Waals surface area contributed by atoms with E-state index in [1.54, 1.807) is 55.5 Å². The van der Waals surface area contributed by atoms with E-state index in [0.717, 1.165) is 5.39 Å². The number of hydrogen-bond donors (Lipinski definition) is 2. The molecule has 8 heteroatoms. The van der Waals surface area contributed by atoms with Crippen LogP contribution < -0.4 is 15.8 Å². The van der Waals surface area contributed by atoms with Crippen LogP contribution in [0, 0.1) is 0 Å². The van der Waals surface area contributed by atoms with Crippen molar-refractivity contribution in [1.29, 1.82) is 0 Å². The van der Waals surface area contributed by atoms with E-state index in [4.69, 9.17) is 31.8 Å². The molecule has 0 unspecified atom stereocenters. The summed E-state index contributed by atoms with van der Waals surface area (Å²) in [7, 11) is 0. The van der Waals surface area contributed by atoms with Crippen LogP contribution in [0.2, 0.25) is 0 Å². The number of thiocarbonyl (C=S) groups is 1. The summed E-state index contributed by atoms with van der Waals surface area (Å²) >= 11 is 4.96. The molecular weight excluding hydrogens is 380 g/mol. The first-order valence-corrected chi connectivity index (χ1v) is 8.90. The van der Waals surface area contributed by atoms with Gasteiger partial charge in [-0.1, -0.05) is 12.2 Å². The minimum atomic E-state index is -0.441. The van der Waals surface area contributed by atoms with E-state index in [-0.39, 0.29) is 17.4 Å². The number of anilines is 1. The molecule has 0 fully saturated rings. The van der Waals surface area contributed by atoms with E-state index in [1.165, 1.54) is 0 Å². The molecule has 1 heterocycles. The summed E-state index contributed by atoms with van der Waals surface area (Å²) in [6, 6.07) is 13.5. The molecule has 28 heavy (non-hydrogen) atoms. The SMILES string of the molecule is CCOC(=O)COc1ccc(NC(=O)c2cc3cc(C(N)=S)ccc3o2)cc1. The van der Waals surface area contributed by atoms with Gasteiger partial charge in [0.15, 0.2) is 12.4 Å². The number of nitrogens with two attached hydrogens (primary N) is 1. The van der Waals surface area contributed by atoms with Crippen LogP contribution in [0.3, 0.4) is 0 Å². The molecule has 0 spiro atoms. The first-order valence-electron chi connectivity index (χ1n) is 8.49. The van der Waals surface area contributed by atoms with Crippen LogP contribution in [0.1, 0.15) is 23.0 Å². The smallest absolute Gasteiger partial charge is 0.344 e. The Morgan fingerprint density at radius 2 is 1.89 bits per heavy atom. The van der Waals surface area contributed by atoms with Crippen LogP contribution in [0.15, 0.2) is 52.9 Å². The molecule has 0 bridgehead atoms. The van der Waals surface area contributed by atoms with Crippen LogP contribution >= 0.6 is 12.2 Å². The van der Waals surface area contributed by atoms with Gasteiger partial charge in [0.25, 0.3) is 5.91 Å². The fraction of sp³-hybridized carbons (Fsp3) is 0.150. The van der Waals surface area contributed by atoms with Gasteiger partial charge < -0.3 is 24.9 Å². The van der Waals surface area contributed by atoms with Gasteiger partial charge in [-0.3, -0.25) is 4.79 Å². The van der Waals surface area contributed by atoms with Gasteiger partial charge in [-0.05, 0) is 55.5 Å². The number of hydrogen-bond acceptors (Lipinski definition) is 6. The third-order valence-corrected chi connectivity index (χ3v) is 4.03. The first-order chi connectivity index (χ1) is 13.5. The summed E-state index contributed by atoms with van der Waals surface area (Å²) in [6.07, 6.45) is 0. The highest BCUT2D eigenvalue weighted by atomic mass is 32.1. The van der Waals surface area contributed by atoms with Crippen molar-refractivity contribution >= 4 is 45.7 Å². The Bertz CT molecular complexity index is 1030. The molecule has 0 aliphatic heterocycles. The Morgan fingerprint density at radius 3 is 2.57 bits per heavy atom. The summed E-state index contributed by atoms with van der Waals surface area (Å²) in [5.74, 6) is -0.186. The molecule has 144 valence electrons. The fourth-order valence-corrected chi connectivity index (χ4v) is 2.61. The van der Waals surface area contributed by atoms with Crippen molar-refractivity contribution in [2.45, 2.75) is 6.92 Å². The van der Waals surface area contributed by atoms with Crippen LogP contribution in [-0.2, 0) is 9.53 Å². The van der Waals surface area contributed by atoms with Crippen LogP contribution in [0.4, 0.5) is 5.69 Å². The maximum Gasteiger partial charge on any atom is 0.344 e. The monoisotopic (exact) mass is 398 g/mol. The van der Waals surface area contributed by atoms with E-state index in [1.807, 2.05) is 0 Å². The second-order valence-electron chi connectivity index (χ2n) is 5.80. The molecule has 7 nitrogen and oxygen atoms in total. The molecule has 2 aromatic carbocycles. The Morgan fingerprint density at radius 1 is 1.14 bits per heavy atom. The number of amides is 1. The molecule has 0 aliphatic carbocycles. The molecule has 0 radical (unpaired) electrons. The van der Waals surface area contributed by atoms with Crippen molar-refractivity contribution in [3.8, 4) is 5.75 Å². The number of carbonyl (C=O) groups is 2. The Hall–Kier alpha value is -3.39. The highest BCUT2D eigenvalue weighted by Crippen LogP contribution is 2.22. The minimum absolute atomic E-state index is 0.165. The molecule has 3 rings (SSSR count). The number of rotatable bonds is 7. The van der Waals surface area contributed by atoms with Crippen molar-refractivity contribution < 1.29 is 23.5 Å². The molecule has 3 N–H and O–H groups in total. The van der Waals surface area contributed by atoms with Crippen LogP contribution in [-0.4, -0.2) is 30.1 Å². The van der Waals surface area contributed by atoms with Crippen molar-refractivity contribution in [2.75, 3.05) is 18.5 Å². The van der Waals surface area contributed by atoms with E-state index in [0.29, 0.717) is 29.2 Å². The van der Waals surface area contributed by atoms with Gasteiger partial charge >= 0.3 is 5.97 Å². The standard InChI is InChI=1S/C20H18N2O5S/c1-2-25-18(23)11-26-15-6-4-14(5-7-15)22-20(24)17-10-13-9-12(19(21)28)3-8-16(13)27-17/h3-10H,2,11H2,1H3,(H2,21,28)(H,22,24). The number of esters is 1. The summed E-state index contributed by atoms with van der Waals surface area (Å²) in [6.45, 7) is 1.85. The van der Waals surface area contributed by atoms with E-state index in [2.05, 4.69) is 5.32 Å². The maximum absolute atomic E-state index is 12.4. The highest BCUT2D eigenvalue weighted by molar-refractivity contribution is 7.80. The lowest BCUT2D eigenvalue weighted by Gasteiger charge is -2.07. The summed E-state index contributed by atoms with van der Waals surface area (Å²) < 4.78 is 15.7. The lowest BCUT2D eigenvalue weighted by Crippen LogP contribution is -2.14. The van der Waals surface area contributed by atoms with E-state index < -0.39 is 11.9 Å². The zero-order chi connectivity index (χ0) is 20.1. The van der Waals surface area contributed by atoms with Gasteiger partial charge in [-0.15, -0.1) is 0 Å². The van der Waals surface area contributed by atoms with Gasteiger partial charge in [-0.25, -0.2) is 4.79 Å². The predicted molar refractivity (Wildman–Crippen MR) is 109 cm³/mol. The molecule has 0 saturated carbocycles. The average molecular weight is 398 g/mol. The number of fused-ring (bicyclic) bond motifs is 1. The van der Waals surface area contributed by atoms with Gasteiger partial charge in [-0.2, -0.15) is 0 Å². The molecule has 3 aromatic rings. The van der Waals surface area contributed by atoms with Crippen molar-refractivity contribution in [2.24, 2.45) is 5.73 Å². The van der Waals surface area contributed by atoms with Crippen molar-refractivity contribution in [3.05, 3.63) is 59.9 Å². The molecule has 0 atom stereocenters. The van der Waals surface area contributed by atoms with E-state index >= 15 is 0 Å². The predicted octanol–water partition coefficient (Wildman–Crippen LogP) is 3.26. The molecule has 0 aliphatic rings. The lowest BCUT2D eigenvalue weighted by atomic mass is 10.1. The second kappa shape index (κ2) is 8.53. The molecular formula is C20H18N2O5S. The lowest BCUT2D eigenvalue weighted by molar-refractivity contribution is -0.145.